The molecule has 0 saturated carbocycles. The number of amides is 2. The molecule has 2 aromatic rings. The first-order valence-electron chi connectivity index (χ1n) is 7.94. The molecule has 126 valence electrons. The van der Waals surface area contributed by atoms with Gasteiger partial charge in [-0.05, 0) is 12.5 Å². The Balaban J connectivity index is 1.56. The Labute approximate surface area is 139 Å². The van der Waals surface area contributed by atoms with Gasteiger partial charge in [0.1, 0.15) is 0 Å². The fourth-order valence-corrected chi connectivity index (χ4v) is 2.69. The zero-order valence-corrected chi connectivity index (χ0v) is 13.6. The van der Waals surface area contributed by atoms with Gasteiger partial charge in [0, 0.05) is 38.5 Å². The van der Waals surface area contributed by atoms with Crippen molar-refractivity contribution >= 4 is 11.8 Å². The van der Waals surface area contributed by atoms with Gasteiger partial charge in [-0.1, -0.05) is 0 Å². The van der Waals surface area contributed by atoms with Crippen LogP contribution in [0.3, 0.4) is 0 Å². The van der Waals surface area contributed by atoms with Crippen LogP contribution in [0.2, 0.25) is 0 Å². The van der Waals surface area contributed by atoms with Gasteiger partial charge in [0.15, 0.2) is 0 Å². The van der Waals surface area contributed by atoms with Crippen molar-refractivity contribution < 1.29 is 9.59 Å². The molecule has 0 unspecified atom stereocenters. The molecule has 1 aliphatic rings. The van der Waals surface area contributed by atoms with E-state index in [0.29, 0.717) is 39.0 Å². The standard InChI is InChI=1S/C16H20N6O2/c1-12(23)19-10-14-8-15-11-21(6-7-22(15)20-14)16(24)3-2-13-9-17-4-5-18-13/h4-5,8-9H,2-3,6-7,10-11H2,1H3,(H,19,23). The second kappa shape index (κ2) is 7.20. The molecule has 8 nitrogen and oxygen atoms in total. The van der Waals surface area contributed by atoms with E-state index in [1.807, 2.05) is 15.6 Å². The first-order chi connectivity index (χ1) is 11.6. The molecule has 3 heterocycles. The number of fused-ring (bicyclic) bond motifs is 1. The number of nitrogens with zero attached hydrogens (tertiary/aromatic N) is 5. The van der Waals surface area contributed by atoms with Gasteiger partial charge < -0.3 is 10.2 Å². The molecular formula is C16H20N6O2. The Morgan fingerprint density at radius 1 is 1.25 bits per heavy atom. The lowest BCUT2D eigenvalue weighted by atomic mass is 10.2. The van der Waals surface area contributed by atoms with Crippen molar-refractivity contribution in [3.63, 3.8) is 0 Å². The van der Waals surface area contributed by atoms with Crippen molar-refractivity contribution in [2.45, 2.75) is 39.4 Å². The highest BCUT2D eigenvalue weighted by molar-refractivity contribution is 5.76. The molecule has 0 radical (unpaired) electrons. The summed E-state index contributed by atoms with van der Waals surface area (Å²) in [5.74, 6) is 0.0262. The molecule has 24 heavy (non-hydrogen) atoms. The minimum atomic E-state index is -0.0817. The first kappa shape index (κ1) is 16.1. The van der Waals surface area contributed by atoms with Gasteiger partial charge in [-0.15, -0.1) is 0 Å². The molecule has 3 rings (SSSR count). The van der Waals surface area contributed by atoms with Crippen LogP contribution in [0.4, 0.5) is 0 Å². The third-order valence-corrected chi connectivity index (χ3v) is 3.93. The molecule has 2 amide bonds. The third kappa shape index (κ3) is 3.95. The second-order valence-corrected chi connectivity index (χ2v) is 5.77. The summed E-state index contributed by atoms with van der Waals surface area (Å²) >= 11 is 0. The van der Waals surface area contributed by atoms with Gasteiger partial charge in [-0.3, -0.25) is 24.2 Å². The smallest absolute Gasteiger partial charge is 0.223 e. The molecule has 1 aliphatic heterocycles. The molecule has 0 bridgehead atoms. The van der Waals surface area contributed by atoms with Crippen LogP contribution in [0.25, 0.3) is 0 Å². The lowest BCUT2D eigenvalue weighted by molar-refractivity contribution is -0.132. The predicted molar refractivity (Wildman–Crippen MR) is 85.5 cm³/mol. The van der Waals surface area contributed by atoms with Crippen molar-refractivity contribution in [2.75, 3.05) is 6.54 Å². The summed E-state index contributed by atoms with van der Waals surface area (Å²) < 4.78 is 1.91. The SMILES string of the molecule is CC(=O)NCc1cc2n(n1)CCN(C(=O)CCc1cnccn1)C2. The number of hydrogen-bond donors (Lipinski definition) is 1. The predicted octanol–water partition coefficient (Wildman–Crippen LogP) is 0.284. The largest absolute Gasteiger partial charge is 0.351 e. The number of nitrogens with one attached hydrogen (secondary N) is 1. The number of carbonyl (C=O) groups is 2. The van der Waals surface area contributed by atoms with E-state index in [9.17, 15) is 9.59 Å². The summed E-state index contributed by atoms with van der Waals surface area (Å²) in [5, 5.41) is 7.19. The van der Waals surface area contributed by atoms with Crippen molar-refractivity contribution in [1.82, 2.24) is 30.0 Å². The zero-order valence-electron chi connectivity index (χ0n) is 13.6. The summed E-state index contributed by atoms with van der Waals surface area (Å²) in [5.41, 5.74) is 2.63. The topological polar surface area (TPSA) is 93.0 Å². The van der Waals surface area contributed by atoms with Crippen LogP contribution in [-0.4, -0.2) is 43.0 Å². The van der Waals surface area contributed by atoms with Gasteiger partial charge in [-0.2, -0.15) is 5.10 Å². The Kier molecular flexibility index (Phi) is 4.83. The second-order valence-electron chi connectivity index (χ2n) is 5.77. The van der Waals surface area contributed by atoms with E-state index in [1.54, 1.807) is 18.6 Å². The van der Waals surface area contributed by atoms with Crippen LogP contribution in [0.15, 0.2) is 24.7 Å². The maximum atomic E-state index is 12.4. The van der Waals surface area contributed by atoms with Crippen molar-refractivity contribution in [3.05, 3.63) is 41.7 Å². The molecule has 2 aromatic heterocycles. The number of hydrogen-bond acceptors (Lipinski definition) is 5. The van der Waals surface area contributed by atoms with E-state index in [2.05, 4.69) is 20.4 Å². The number of carbonyl (C=O) groups excluding carboxylic acids is 2. The van der Waals surface area contributed by atoms with Crippen LogP contribution < -0.4 is 5.32 Å². The molecule has 8 heteroatoms. The van der Waals surface area contributed by atoms with E-state index in [0.717, 1.165) is 17.1 Å². The average molecular weight is 328 g/mol. The summed E-state index contributed by atoms with van der Waals surface area (Å²) in [6.45, 7) is 3.76. The highest BCUT2D eigenvalue weighted by Gasteiger charge is 2.22. The van der Waals surface area contributed by atoms with Crippen molar-refractivity contribution in [1.29, 1.82) is 0 Å². The van der Waals surface area contributed by atoms with Gasteiger partial charge >= 0.3 is 0 Å². The summed E-state index contributed by atoms with van der Waals surface area (Å²) in [4.78, 5) is 33.4. The molecule has 0 aliphatic carbocycles. The van der Waals surface area contributed by atoms with Crippen LogP contribution in [0.5, 0.6) is 0 Å². The Morgan fingerprint density at radius 2 is 2.12 bits per heavy atom. The van der Waals surface area contributed by atoms with Gasteiger partial charge in [-0.25, -0.2) is 0 Å². The van der Waals surface area contributed by atoms with Gasteiger partial charge in [0.25, 0.3) is 0 Å². The summed E-state index contributed by atoms with van der Waals surface area (Å²) in [6.07, 6.45) is 5.96. The monoisotopic (exact) mass is 328 g/mol. The maximum Gasteiger partial charge on any atom is 0.223 e. The number of aryl methyl sites for hydroxylation is 1. The van der Waals surface area contributed by atoms with E-state index < -0.39 is 0 Å². The molecule has 0 saturated heterocycles. The molecular weight excluding hydrogens is 308 g/mol. The lowest BCUT2D eigenvalue weighted by Gasteiger charge is -2.27. The van der Waals surface area contributed by atoms with Crippen molar-refractivity contribution in [3.8, 4) is 0 Å². The fourth-order valence-electron chi connectivity index (χ4n) is 2.69. The van der Waals surface area contributed by atoms with Gasteiger partial charge in [0.2, 0.25) is 11.8 Å². The third-order valence-electron chi connectivity index (χ3n) is 3.93. The van der Waals surface area contributed by atoms with Crippen LogP contribution in [0, 0.1) is 0 Å². The normalized spacial score (nSPS) is 13.5. The molecule has 0 aromatic carbocycles. The molecule has 0 fully saturated rings. The van der Waals surface area contributed by atoms with Gasteiger partial charge in [0.05, 0.1) is 36.7 Å². The van der Waals surface area contributed by atoms with E-state index in [4.69, 9.17) is 0 Å². The van der Waals surface area contributed by atoms with Crippen LogP contribution in [0.1, 0.15) is 30.4 Å². The average Bonchev–Trinajstić information content (AvgIpc) is 3.01. The molecule has 0 spiro atoms. The van der Waals surface area contributed by atoms with E-state index in [-0.39, 0.29) is 11.8 Å². The minimum absolute atomic E-state index is 0.0817. The highest BCUT2D eigenvalue weighted by atomic mass is 16.2. The zero-order chi connectivity index (χ0) is 16.9. The number of rotatable bonds is 5. The Bertz CT molecular complexity index is 727. The quantitative estimate of drug-likeness (QED) is 0.851. The lowest BCUT2D eigenvalue weighted by Crippen LogP contribution is -2.38. The van der Waals surface area contributed by atoms with Crippen molar-refractivity contribution in [2.24, 2.45) is 0 Å². The highest BCUT2D eigenvalue weighted by Crippen LogP contribution is 2.15. The van der Waals surface area contributed by atoms with Crippen LogP contribution in [-0.2, 0) is 35.6 Å². The summed E-state index contributed by atoms with van der Waals surface area (Å²) in [7, 11) is 0. The molecule has 1 N–H and O–H groups in total. The number of aromatic nitrogens is 4. The Hall–Kier alpha value is -2.77. The van der Waals surface area contributed by atoms with E-state index in [1.165, 1.54) is 6.92 Å². The minimum Gasteiger partial charge on any atom is -0.351 e. The fraction of sp³-hybridized carbons (Fsp3) is 0.438. The van der Waals surface area contributed by atoms with E-state index >= 15 is 0 Å². The molecule has 0 atom stereocenters. The van der Waals surface area contributed by atoms with Crippen LogP contribution >= 0.6 is 0 Å². The Morgan fingerprint density at radius 3 is 2.88 bits per heavy atom. The first-order valence-corrected chi connectivity index (χ1v) is 7.94. The maximum absolute atomic E-state index is 12.4. The summed E-state index contributed by atoms with van der Waals surface area (Å²) in [6, 6.07) is 1.94.